The van der Waals surface area contributed by atoms with Gasteiger partial charge in [0.05, 0.1) is 17.4 Å². The number of aromatic nitrogens is 2. The van der Waals surface area contributed by atoms with E-state index in [0.29, 0.717) is 25.4 Å². The van der Waals surface area contributed by atoms with Crippen molar-refractivity contribution < 1.29 is 13.2 Å². The monoisotopic (exact) mass is 387 g/mol. The molecule has 1 aromatic heterocycles. The van der Waals surface area contributed by atoms with Crippen LogP contribution in [0.15, 0.2) is 42.7 Å². The van der Waals surface area contributed by atoms with Gasteiger partial charge < -0.3 is 9.47 Å². The van der Waals surface area contributed by atoms with Gasteiger partial charge in [-0.3, -0.25) is 4.79 Å². The van der Waals surface area contributed by atoms with Crippen molar-refractivity contribution in [3.8, 4) is 0 Å². The largest absolute Gasteiger partial charge is 0.342 e. The third kappa shape index (κ3) is 4.08. The van der Waals surface area contributed by atoms with Crippen LogP contribution >= 0.6 is 0 Å². The molecule has 4 rings (SSSR count). The minimum Gasteiger partial charge on any atom is -0.342 e. The van der Waals surface area contributed by atoms with Gasteiger partial charge in [-0.05, 0) is 24.8 Å². The first-order valence-electron chi connectivity index (χ1n) is 9.56. The van der Waals surface area contributed by atoms with E-state index in [1.54, 1.807) is 0 Å². The van der Waals surface area contributed by atoms with Crippen molar-refractivity contribution in [2.24, 2.45) is 5.92 Å². The summed E-state index contributed by atoms with van der Waals surface area (Å²) in [6.07, 6.45) is 6.08. The van der Waals surface area contributed by atoms with Gasteiger partial charge in [0.2, 0.25) is 5.91 Å². The van der Waals surface area contributed by atoms with Crippen molar-refractivity contribution in [2.45, 2.75) is 31.7 Å². The maximum absolute atomic E-state index is 12.6. The molecule has 2 aliphatic rings. The van der Waals surface area contributed by atoms with Gasteiger partial charge in [0.25, 0.3) is 0 Å². The Kier molecular flexibility index (Phi) is 5.04. The topological polar surface area (TPSA) is 72.3 Å². The fourth-order valence-electron chi connectivity index (χ4n) is 4.20. The molecule has 0 aliphatic carbocycles. The lowest BCUT2D eigenvalue weighted by atomic mass is 9.94. The van der Waals surface area contributed by atoms with Crippen molar-refractivity contribution in [3.05, 3.63) is 54.1 Å². The van der Waals surface area contributed by atoms with Crippen molar-refractivity contribution in [2.75, 3.05) is 24.6 Å². The van der Waals surface area contributed by atoms with E-state index < -0.39 is 9.84 Å². The number of likely N-dealkylation sites (tertiary alicyclic amines) is 1. The van der Waals surface area contributed by atoms with E-state index in [-0.39, 0.29) is 23.3 Å². The molecular weight excluding hydrogens is 362 g/mol. The number of imidazole rings is 1. The van der Waals surface area contributed by atoms with E-state index in [9.17, 15) is 13.2 Å². The van der Waals surface area contributed by atoms with Gasteiger partial charge in [0, 0.05) is 37.9 Å². The third-order valence-corrected chi connectivity index (χ3v) is 7.46. The summed E-state index contributed by atoms with van der Waals surface area (Å²) in [5, 5.41) is 0. The Morgan fingerprint density at radius 1 is 1.11 bits per heavy atom. The van der Waals surface area contributed by atoms with Crippen LogP contribution in [0, 0.1) is 5.92 Å². The Bertz CT molecular complexity index is 900. The van der Waals surface area contributed by atoms with Crippen LogP contribution in [0.4, 0.5) is 0 Å². The fourth-order valence-corrected chi connectivity index (χ4v) is 5.93. The minimum atomic E-state index is -3.02. The van der Waals surface area contributed by atoms with Crippen LogP contribution < -0.4 is 0 Å². The van der Waals surface area contributed by atoms with Gasteiger partial charge in [-0.2, -0.15) is 0 Å². The fraction of sp³-hybridized carbons (Fsp3) is 0.500. The number of rotatable bonds is 4. The zero-order valence-corrected chi connectivity index (χ0v) is 16.1. The Morgan fingerprint density at radius 2 is 1.85 bits per heavy atom. The minimum absolute atomic E-state index is 0.0159. The van der Waals surface area contributed by atoms with Crippen molar-refractivity contribution in [1.82, 2.24) is 14.5 Å². The molecule has 1 aromatic carbocycles. The number of carbonyl (C=O) groups is 1. The first kappa shape index (κ1) is 18.2. The van der Waals surface area contributed by atoms with Crippen LogP contribution in [-0.4, -0.2) is 53.4 Å². The summed E-state index contributed by atoms with van der Waals surface area (Å²) in [6, 6.07) is 10.3. The number of carbonyl (C=O) groups excluding carboxylic acids is 1. The maximum atomic E-state index is 12.6. The van der Waals surface area contributed by atoms with Crippen molar-refractivity contribution >= 4 is 15.7 Å². The summed E-state index contributed by atoms with van der Waals surface area (Å²) >= 11 is 0. The third-order valence-electron chi connectivity index (χ3n) is 5.70. The molecule has 144 valence electrons. The molecule has 2 aliphatic heterocycles. The first-order chi connectivity index (χ1) is 13.0. The highest BCUT2D eigenvalue weighted by atomic mass is 32.2. The van der Waals surface area contributed by atoms with E-state index in [2.05, 4.69) is 21.7 Å². The van der Waals surface area contributed by atoms with Crippen LogP contribution in [0.25, 0.3) is 0 Å². The summed E-state index contributed by atoms with van der Waals surface area (Å²) in [4.78, 5) is 19.1. The molecule has 1 amide bonds. The molecule has 2 saturated heterocycles. The average molecular weight is 388 g/mol. The van der Waals surface area contributed by atoms with E-state index in [1.807, 2.05) is 35.5 Å². The van der Waals surface area contributed by atoms with Gasteiger partial charge in [0.15, 0.2) is 9.84 Å². The number of piperidine rings is 1. The molecule has 1 unspecified atom stereocenters. The number of amides is 1. The molecule has 27 heavy (non-hydrogen) atoms. The molecule has 3 heterocycles. The summed E-state index contributed by atoms with van der Waals surface area (Å²) in [7, 11) is -3.02. The Morgan fingerprint density at radius 3 is 2.52 bits per heavy atom. The van der Waals surface area contributed by atoms with Gasteiger partial charge in [-0.15, -0.1) is 0 Å². The van der Waals surface area contributed by atoms with Gasteiger partial charge in [-0.1, -0.05) is 30.3 Å². The average Bonchev–Trinajstić information content (AvgIpc) is 3.28. The molecule has 2 fully saturated rings. The molecule has 0 spiro atoms. The zero-order valence-electron chi connectivity index (χ0n) is 15.3. The summed E-state index contributed by atoms with van der Waals surface area (Å²) in [6.45, 7) is 2.16. The molecular formula is C20H25N3O3S. The molecule has 0 saturated carbocycles. The quantitative estimate of drug-likeness (QED) is 0.805. The highest BCUT2D eigenvalue weighted by molar-refractivity contribution is 7.91. The number of hydrogen-bond donors (Lipinski definition) is 0. The van der Waals surface area contributed by atoms with Gasteiger partial charge in [-0.25, -0.2) is 13.4 Å². The van der Waals surface area contributed by atoms with Crippen LogP contribution in [-0.2, 0) is 21.2 Å². The molecule has 6 nitrogen and oxygen atoms in total. The number of hydrogen-bond acceptors (Lipinski definition) is 4. The van der Waals surface area contributed by atoms with E-state index >= 15 is 0 Å². The summed E-state index contributed by atoms with van der Waals surface area (Å²) in [5.74, 6) is 1.26. The second-order valence-electron chi connectivity index (χ2n) is 7.60. The van der Waals surface area contributed by atoms with E-state index in [4.69, 9.17) is 0 Å². The molecule has 0 N–H and O–H groups in total. The lowest BCUT2D eigenvalue weighted by Crippen LogP contribution is -2.42. The van der Waals surface area contributed by atoms with Gasteiger partial charge in [0.1, 0.15) is 5.82 Å². The predicted octanol–water partition coefficient (Wildman–Crippen LogP) is 2.07. The second kappa shape index (κ2) is 7.46. The number of nitrogens with zero attached hydrogens (tertiary/aromatic N) is 3. The van der Waals surface area contributed by atoms with Crippen molar-refractivity contribution in [1.29, 1.82) is 0 Å². The van der Waals surface area contributed by atoms with Crippen molar-refractivity contribution in [3.63, 3.8) is 0 Å². The predicted molar refractivity (Wildman–Crippen MR) is 103 cm³/mol. The Labute approximate surface area is 160 Å². The maximum Gasteiger partial charge on any atom is 0.226 e. The smallest absolute Gasteiger partial charge is 0.226 e. The lowest BCUT2D eigenvalue weighted by molar-refractivity contribution is -0.135. The molecule has 7 heteroatoms. The highest BCUT2D eigenvalue weighted by Gasteiger charge is 2.36. The van der Waals surface area contributed by atoms with Crippen LogP contribution in [0.3, 0.4) is 0 Å². The number of sulfone groups is 1. The highest BCUT2D eigenvalue weighted by Crippen LogP contribution is 2.29. The van der Waals surface area contributed by atoms with E-state index in [0.717, 1.165) is 25.2 Å². The van der Waals surface area contributed by atoms with Crippen LogP contribution in [0.5, 0.6) is 0 Å². The Hall–Kier alpha value is -2.15. The second-order valence-corrected chi connectivity index (χ2v) is 9.83. The number of benzene rings is 1. The summed E-state index contributed by atoms with van der Waals surface area (Å²) < 4.78 is 25.5. The summed E-state index contributed by atoms with van der Waals surface area (Å²) in [5.41, 5.74) is 1.24. The normalized spacial score (nSPS) is 22.8. The first-order valence-corrected chi connectivity index (χ1v) is 11.4. The van der Waals surface area contributed by atoms with Crippen LogP contribution in [0.2, 0.25) is 0 Å². The zero-order chi connectivity index (χ0) is 18.9. The van der Waals surface area contributed by atoms with Crippen LogP contribution in [0.1, 0.15) is 36.6 Å². The Balaban J connectivity index is 1.37. The standard InChI is InChI=1S/C20H25N3O3S/c24-20(18-8-13-27(25,26)15-18)22-10-6-17(7-11-22)19-21-9-12-23(19)14-16-4-2-1-3-5-16/h1-5,9,12,17-18H,6-8,10-11,13-15H2. The molecule has 0 radical (unpaired) electrons. The SMILES string of the molecule is O=C(C1CCS(=O)(=O)C1)N1CCC(c2nccn2Cc2ccccc2)CC1. The lowest BCUT2D eigenvalue weighted by Gasteiger charge is -2.33. The van der Waals surface area contributed by atoms with E-state index in [1.165, 1.54) is 5.56 Å². The molecule has 2 aromatic rings. The molecule has 1 atom stereocenters. The van der Waals surface area contributed by atoms with Gasteiger partial charge >= 0.3 is 0 Å². The molecule has 0 bridgehead atoms.